The van der Waals surface area contributed by atoms with E-state index >= 15 is 0 Å². The molecule has 166 valence electrons. The number of carbonyl (C=O) groups excluding carboxylic acids is 1. The van der Waals surface area contributed by atoms with Crippen LogP contribution >= 0.6 is 31.9 Å². The van der Waals surface area contributed by atoms with Crippen LogP contribution < -0.4 is 5.32 Å². The van der Waals surface area contributed by atoms with Crippen molar-refractivity contribution in [3.63, 3.8) is 0 Å². The number of benzene rings is 3. The van der Waals surface area contributed by atoms with Crippen LogP contribution in [0, 0.1) is 0 Å². The molecule has 0 saturated heterocycles. The summed E-state index contributed by atoms with van der Waals surface area (Å²) in [4.78, 5) is 23.9. The molecule has 0 fully saturated rings. The number of aliphatic carboxylic acids is 1. The van der Waals surface area contributed by atoms with Crippen molar-refractivity contribution < 1.29 is 29.3 Å². The third-order valence-electron chi connectivity index (χ3n) is 4.62. The maximum atomic E-state index is 12.8. The summed E-state index contributed by atoms with van der Waals surface area (Å²) in [6.45, 7) is 0. The average Bonchev–Trinajstić information content (AvgIpc) is 2.76. The quantitative estimate of drug-likeness (QED) is 0.303. The number of carboxylic acids is 1. The number of anilines is 1. The number of methoxy groups -OCH3 is 1. The van der Waals surface area contributed by atoms with Gasteiger partial charge in [-0.1, -0.05) is 52.3 Å². The van der Waals surface area contributed by atoms with Crippen molar-refractivity contribution in [1.82, 2.24) is 0 Å². The van der Waals surface area contributed by atoms with Crippen molar-refractivity contribution in [2.24, 2.45) is 0 Å². The number of amides is 1. The summed E-state index contributed by atoms with van der Waals surface area (Å²) in [7, 11) is 1.35. The van der Waals surface area contributed by atoms with Crippen LogP contribution in [0.15, 0.2) is 75.7 Å². The number of carbonyl (C=O) groups is 2. The van der Waals surface area contributed by atoms with E-state index in [0.717, 1.165) is 16.8 Å². The molecule has 0 aliphatic rings. The Morgan fingerprint density at radius 1 is 1.09 bits per heavy atom. The van der Waals surface area contributed by atoms with Gasteiger partial charge in [0.05, 0.1) is 10.2 Å². The number of phenolic OH excluding ortho intramolecular Hbond substituents is 1. The molecule has 1 amide bonds. The lowest BCUT2D eigenvalue weighted by Crippen LogP contribution is -2.27. The van der Waals surface area contributed by atoms with Gasteiger partial charge < -0.3 is 19.7 Å². The maximum Gasteiger partial charge on any atom is 0.412 e. The summed E-state index contributed by atoms with van der Waals surface area (Å²) < 4.78 is 12.0. The zero-order valence-electron chi connectivity index (χ0n) is 16.8. The highest BCUT2D eigenvalue weighted by Crippen LogP contribution is 2.39. The van der Waals surface area contributed by atoms with E-state index in [1.807, 2.05) is 30.3 Å². The Morgan fingerprint density at radius 3 is 2.53 bits per heavy atom. The van der Waals surface area contributed by atoms with Crippen LogP contribution in [0.1, 0.15) is 11.7 Å². The first kappa shape index (κ1) is 23.8. The molecule has 0 unspecified atom stereocenters. The summed E-state index contributed by atoms with van der Waals surface area (Å²) >= 11 is 6.60. The van der Waals surface area contributed by atoms with Crippen LogP contribution in [0.2, 0.25) is 0 Å². The minimum absolute atomic E-state index is 0.165. The molecule has 0 heterocycles. The van der Waals surface area contributed by atoms with E-state index in [4.69, 9.17) is 14.6 Å². The molecule has 0 spiro atoms. The SMILES string of the molecule is CO[C@H](/C=C/C(=O)O)[C@H](OC(=O)Nc1cccc2ccccc12)c1cc(Br)cc(Br)c1O. The molecule has 0 saturated carbocycles. The standard InChI is InChI=1S/C23H19Br2NO6/c1-31-19(9-10-20(27)28)22(16-11-14(24)12-17(25)21(16)29)32-23(30)26-18-8-4-6-13-5-2-3-7-15(13)18/h2-12,19,22,29H,1H3,(H,26,30)(H,27,28)/b10-9+/t19-,22-/m1/s1. The zero-order valence-corrected chi connectivity index (χ0v) is 20.0. The molecule has 32 heavy (non-hydrogen) atoms. The predicted octanol–water partition coefficient (Wildman–Crippen LogP) is 6.02. The van der Waals surface area contributed by atoms with Gasteiger partial charge in [-0.3, -0.25) is 5.32 Å². The molecule has 2 atom stereocenters. The molecule has 7 nitrogen and oxygen atoms in total. The lowest BCUT2D eigenvalue weighted by Gasteiger charge is -2.25. The van der Waals surface area contributed by atoms with E-state index in [-0.39, 0.29) is 11.3 Å². The number of nitrogens with one attached hydrogen (secondary N) is 1. The van der Waals surface area contributed by atoms with E-state index in [1.54, 1.807) is 24.3 Å². The Bertz CT molecular complexity index is 1180. The second kappa shape index (κ2) is 10.6. The van der Waals surface area contributed by atoms with Crippen LogP contribution in [0.5, 0.6) is 5.75 Å². The fourth-order valence-corrected chi connectivity index (χ4v) is 4.44. The predicted molar refractivity (Wildman–Crippen MR) is 128 cm³/mol. The van der Waals surface area contributed by atoms with Crippen molar-refractivity contribution in [3.05, 3.63) is 81.3 Å². The van der Waals surface area contributed by atoms with Crippen LogP contribution in [-0.2, 0) is 14.3 Å². The Morgan fingerprint density at radius 2 is 1.81 bits per heavy atom. The van der Waals surface area contributed by atoms with Gasteiger partial charge in [0, 0.05) is 28.6 Å². The third kappa shape index (κ3) is 5.67. The Hall–Kier alpha value is -2.88. The largest absolute Gasteiger partial charge is 0.506 e. The number of hydrogen-bond acceptors (Lipinski definition) is 5. The van der Waals surface area contributed by atoms with Crippen molar-refractivity contribution >= 4 is 60.4 Å². The van der Waals surface area contributed by atoms with E-state index < -0.39 is 24.3 Å². The Labute approximate surface area is 200 Å². The zero-order chi connectivity index (χ0) is 23.3. The second-order valence-electron chi connectivity index (χ2n) is 6.70. The maximum absolute atomic E-state index is 12.8. The van der Waals surface area contributed by atoms with Crippen LogP contribution in [0.4, 0.5) is 10.5 Å². The van der Waals surface area contributed by atoms with E-state index in [9.17, 15) is 14.7 Å². The van der Waals surface area contributed by atoms with Crippen LogP contribution in [-0.4, -0.2) is 35.5 Å². The summed E-state index contributed by atoms with van der Waals surface area (Å²) in [5, 5.41) is 24.1. The van der Waals surface area contributed by atoms with E-state index in [2.05, 4.69) is 37.2 Å². The fraction of sp³-hybridized carbons (Fsp3) is 0.130. The van der Waals surface area contributed by atoms with Gasteiger partial charge in [0.2, 0.25) is 0 Å². The second-order valence-corrected chi connectivity index (χ2v) is 8.47. The molecule has 9 heteroatoms. The molecule has 3 aromatic rings. The van der Waals surface area contributed by atoms with Crippen molar-refractivity contribution in [3.8, 4) is 5.75 Å². The minimum atomic E-state index is -1.19. The molecule has 3 aromatic carbocycles. The first-order valence-corrected chi connectivity index (χ1v) is 11.0. The van der Waals surface area contributed by atoms with Gasteiger partial charge in [-0.2, -0.15) is 0 Å². The number of hydrogen-bond donors (Lipinski definition) is 3. The van der Waals surface area contributed by atoms with Crippen molar-refractivity contribution in [2.75, 3.05) is 12.4 Å². The molecular weight excluding hydrogens is 546 g/mol. The first-order valence-electron chi connectivity index (χ1n) is 9.37. The molecule has 3 rings (SSSR count). The van der Waals surface area contributed by atoms with Crippen LogP contribution in [0.25, 0.3) is 10.8 Å². The van der Waals surface area contributed by atoms with Gasteiger partial charge in [0.25, 0.3) is 0 Å². The Balaban J connectivity index is 1.96. The minimum Gasteiger partial charge on any atom is -0.506 e. The van der Waals surface area contributed by atoms with Gasteiger partial charge in [-0.15, -0.1) is 0 Å². The van der Waals surface area contributed by atoms with Gasteiger partial charge in [0.15, 0.2) is 6.10 Å². The average molecular weight is 565 g/mol. The number of aromatic hydroxyl groups is 1. The van der Waals surface area contributed by atoms with Gasteiger partial charge in [0.1, 0.15) is 11.9 Å². The molecule has 0 bridgehead atoms. The van der Waals surface area contributed by atoms with Crippen molar-refractivity contribution in [1.29, 1.82) is 0 Å². The number of ether oxygens (including phenoxy) is 2. The van der Waals surface area contributed by atoms with Crippen LogP contribution in [0.3, 0.4) is 0 Å². The van der Waals surface area contributed by atoms with Gasteiger partial charge in [-0.25, -0.2) is 9.59 Å². The van der Waals surface area contributed by atoms with Gasteiger partial charge >= 0.3 is 12.1 Å². The molecule has 3 N–H and O–H groups in total. The lowest BCUT2D eigenvalue weighted by molar-refractivity contribution is -0.131. The van der Waals surface area contributed by atoms with E-state index in [1.165, 1.54) is 13.2 Å². The summed E-state index contributed by atoms with van der Waals surface area (Å²) in [5.41, 5.74) is 0.766. The lowest BCUT2D eigenvalue weighted by atomic mass is 10.0. The molecular formula is C23H19Br2NO6. The topological polar surface area (TPSA) is 105 Å². The summed E-state index contributed by atoms with van der Waals surface area (Å²) in [5.74, 6) is -1.35. The molecule has 0 radical (unpaired) electrons. The third-order valence-corrected chi connectivity index (χ3v) is 5.69. The summed E-state index contributed by atoms with van der Waals surface area (Å²) in [6, 6.07) is 16.2. The highest BCUT2D eigenvalue weighted by Gasteiger charge is 2.29. The highest BCUT2D eigenvalue weighted by molar-refractivity contribution is 9.11. The van der Waals surface area contributed by atoms with Crippen molar-refractivity contribution in [2.45, 2.75) is 12.2 Å². The number of carboxylic acid groups (broad SMARTS) is 1. The molecule has 0 aliphatic carbocycles. The first-order chi connectivity index (χ1) is 15.3. The molecule has 0 aromatic heterocycles. The Kier molecular flexibility index (Phi) is 7.89. The van der Waals surface area contributed by atoms with Gasteiger partial charge in [-0.05, 0) is 45.6 Å². The fourth-order valence-electron chi connectivity index (χ4n) is 3.18. The summed E-state index contributed by atoms with van der Waals surface area (Å²) in [6.07, 6.45) is -0.813. The van der Waals surface area contributed by atoms with E-state index in [0.29, 0.717) is 14.6 Å². The highest BCUT2D eigenvalue weighted by atomic mass is 79.9. The number of halogens is 2. The number of phenols is 1. The molecule has 0 aliphatic heterocycles. The normalized spacial score (nSPS) is 13.1. The smallest absolute Gasteiger partial charge is 0.412 e. The number of rotatable bonds is 7. The number of fused-ring (bicyclic) bond motifs is 1. The monoisotopic (exact) mass is 563 g/mol.